The van der Waals surface area contributed by atoms with Gasteiger partial charge in [0.25, 0.3) is 0 Å². The highest BCUT2D eigenvalue weighted by Gasteiger charge is 2.39. The molecule has 2 unspecified atom stereocenters. The number of ether oxygens (including phenoxy) is 5. The van der Waals surface area contributed by atoms with E-state index >= 15 is 0 Å². The molecule has 0 aromatic heterocycles. The summed E-state index contributed by atoms with van der Waals surface area (Å²) in [5.74, 6) is 3.88. The molecule has 2 fully saturated rings. The Hall–Kier alpha value is -10.5. The average Bonchev–Trinajstić information content (AvgIpc) is 0.807. The maximum atomic E-state index is 9.66. The Labute approximate surface area is 772 Å². The summed E-state index contributed by atoms with van der Waals surface area (Å²) < 4.78 is 35.3. The third-order valence-electron chi connectivity index (χ3n) is 25.9. The smallest absolute Gasteiger partial charge is 0.191 e. The van der Waals surface area contributed by atoms with E-state index in [0.717, 1.165) is 159 Å². The molecule has 13 rings (SSSR count). The number of aromatic hydroxyl groups is 10. The number of benzene rings is 11. The van der Waals surface area contributed by atoms with Crippen LogP contribution in [0.5, 0.6) is 57.5 Å². The van der Waals surface area contributed by atoms with Crippen LogP contribution in [0.1, 0.15) is 219 Å². The summed E-state index contributed by atoms with van der Waals surface area (Å²) in [5, 5.41) is 96.4. The van der Waals surface area contributed by atoms with E-state index in [0.29, 0.717) is 38.5 Å². The standard InChI is InChI=1S/C24H26O3.C23H34O3Si.C22H28O4.C22H28O3S.C20H24O3/c1-24(20-8-12-22(25)13-9-20,21-10-14-23(26)15-11-21)16-5-17-27-18-19-6-3-2-4-7-19;1-22(2,3)27(5,6)26-17-7-16-23(4,18-8-12-20(24)13-9-18)19-10-14-21(25)15-11-19;1-22(17-6-10-19(23)11-7-17,18-8-12-20(24)13-9-18)14-4-16-26-21-5-2-3-15-25-21;1-22(17-6-10-19(23)11-7-17,18-8-12-20(24)13-9-18)14-4-15-25-21-5-2-3-16-26-21;1-3-14-23-15-4-13-20(2,16-5-9-18(21)10-6-16)17-7-11-19(22)12-8-17/h2-4,6-15,25-26H,5,16-18H2,1H3;8-15,24-25H,7,16-17H2,1-6H3;2*6-13,21,23-24H,2-5,14-16H2,1H3;3,5-12,21-22H,1,4,13-15H2,2H3. The Morgan fingerprint density at radius 3 is 0.868 bits per heavy atom. The van der Waals surface area contributed by atoms with E-state index in [1.54, 1.807) is 127 Å². The quantitative estimate of drug-likeness (QED) is 0.00986. The Bertz CT molecular complexity index is 4650. The van der Waals surface area contributed by atoms with Gasteiger partial charge >= 0.3 is 0 Å². The minimum absolute atomic E-state index is 0.0580. The molecule has 129 heavy (non-hydrogen) atoms. The molecule has 0 amide bonds. The third-order valence-corrected chi connectivity index (χ3v) is 31.7. The first kappa shape index (κ1) is 102. The molecule has 18 heteroatoms. The minimum atomic E-state index is -1.74. The van der Waals surface area contributed by atoms with E-state index < -0.39 is 8.32 Å². The zero-order valence-electron chi connectivity index (χ0n) is 77.4. The topological polar surface area (TPSA) is 258 Å². The van der Waals surface area contributed by atoms with Crippen molar-refractivity contribution in [2.24, 2.45) is 0 Å². The Balaban J connectivity index is 0.000000182. The molecule has 0 radical (unpaired) electrons. The van der Waals surface area contributed by atoms with Gasteiger partial charge in [0.1, 0.15) is 62.9 Å². The number of hydrogen-bond acceptors (Lipinski definition) is 17. The van der Waals surface area contributed by atoms with Gasteiger partial charge in [-0.15, -0.1) is 18.3 Å². The molecule has 2 atom stereocenters. The first-order valence-corrected chi connectivity index (χ1v) is 49.6. The summed E-state index contributed by atoms with van der Waals surface area (Å²) >= 11 is 1.94. The fourth-order valence-corrected chi connectivity index (χ4v) is 18.7. The van der Waals surface area contributed by atoms with Crippen LogP contribution < -0.4 is 0 Å². The van der Waals surface area contributed by atoms with E-state index in [1.807, 2.05) is 151 Å². The molecule has 2 heterocycles. The van der Waals surface area contributed by atoms with E-state index in [2.05, 4.69) is 87.2 Å². The molecular formula is C111H140O16SSi. The summed E-state index contributed by atoms with van der Waals surface area (Å²) in [6.07, 6.45) is 17.9. The van der Waals surface area contributed by atoms with Crippen molar-refractivity contribution in [1.29, 1.82) is 0 Å². The van der Waals surface area contributed by atoms with Gasteiger partial charge in [-0.1, -0.05) is 213 Å². The zero-order chi connectivity index (χ0) is 92.9. The van der Waals surface area contributed by atoms with E-state index in [9.17, 15) is 51.1 Å². The summed E-state index contributed by atoms with van der Waals surface area (Å²) in [7, 11) is -1.74. The van der Waals surface area contributed by atoms with Crippen molar-refractivity contribution in [3.63, 3.8) is 0 Å². The van der Waals surface area contributed by atoms with Crippen LogP contribution in [-0.4, -0.2) is 123 Å². The third kappa shape index (κ3) is 31.1. The monoisotopic (exact) mass is 1790 g/mol. The van der Waals surface area contributed by atoms with Crippen LogP contribution in [-0.2, 0) is 61.8 Å². The molecule has 10 N–H and O–H groups in total. The highest BCUT2D eigenvalue weighted by molar-refractivity contribution is 7.99. The Morgan fingerprint density at radius 1 is 0.333 bits per heavy atom. The predicted molar refractivity (Wildman–Crippen MR) is 525 cm³/mol. The second-order valence-electron chi connectivity index (χ2n) is 36.5. The van der Waals surface area contributed by atoms with Crippen molar-refractivity contribution in [3.8, 4) is 57.5 Å². The van der Waals surface area contributed by atoms with Gasteiger partial charge in [0.05, 0.1) is 13.2 Å². The van der Waals surface area contributed by atoms with Crippen molar-refractivity contribution < 1.29 is 79.2 Å². The maximum Gasteiger partial charge on any atom is 0.191 e. The van der Waals surface area contributed by atoms with E-state index in [-0.39, 0.29) is 95.9 Å². The Morgan fingerprint density at radius 2 is 0.605 bits per heavy atom. The first-order chi connectivity index (χ1) is 61.7. The molecule has 2 saturated heterocycles. The van der Waals surface area contributed by atoms with Gasteiger partial charge in [0, 0.05) is 66.7 Å². The molecule has 0 spiro atoms. The first-order valence-electron chi connectivity index (χ1n) is 45.6. The van der Waals surface area contributed by atoms with Crippen LogP contribution in [0.15, 0.2) is 286 Å². The molecule has 11 aromatic carbocycles. The largest absolute Gasteiger partial charge is 0.508 e. The molecule has 16 nitrogen and oxygen atoms in total. The predicted octanol–water partition coefficient (Wildman–Crippen LogP) is 26.2. The van der Waals surface area contributed by atoms with Gasteiger partial charge in [0.2, 0.25) is 0 Å². The van der Waals surface area contributed by atoms with E-state index in [4.69, 9.17) is 28.1 Å². The fraction of sp³-hybridized carbons (Fsp3) is 0.387. The SMILES string of the molecule is C=CCOCCCC(C)(c1ccc(O)cc1)c1ccc(O)cc1.CC(CCCOC1CCCCO1)(c1ccc(O)cc1)c1ccc(O)cc1.CC(CCCOC1CCCCS1)(c1ccc(O)cc1)c1ccc(O)cc1.CC(CCCOCc1ccccc1)(c1ccc(O)cc1)c1ccc(O)cc1.CC(CCCO[Si](C)(C)C(C)(C)C)(c1ccc(O)cc1)c1ccc(O)cc1. The summed E-state index contributed by atoms with van der Waals surface area (Å²) in [5.41, 5.74) is 11.9. The van der Waals surface area contributed by atoms with Crippen molar-refractivity contribution >= 4 is 20.1 Å². The molecule has 11 aromatic rings. The van der Waals surface area contributed by atoms with Crippen LogP contribution >= 0.6 is 11.8 Å². The summed E-state index contributed by atoms with van der Waals surface area (Å²) in [6, 6.07) is 84.1. The van der Waals surface area contributed by atoms with Crippen LogP contribution in [0.3, 0.4) is 0 Å². The van der Waals surface area contributed by atoms with Gasteiger partial charge in [0.15, 0.2) is 14.6 Å². The second kappa shape index (κ2) is 50.0. The van der Waals surface area contributed by atoms with Gasteiger partial charge in [-0.3, -0.25) is 0 Å². The Kier molecular flexibility index (Phi) is 39.7. The lowest BCUT2D eigenvalue weighted by atomic mass is 9.73. The second-order valence-corrected chi connectivity index (χ2v) is 42.6. The van der Waals surface area contributed by atoms with Crippen LogP contribution in [0.25, 0.3) is 0 Å². The minimum Gasteiger partial charge on any atom is -0.508 e. The van der Waals surface area contributed by atoms with Crippen molar-refractivity contribution in [2.45, 2.75) is 222 Å². The normalized spacial score (nSPS) is 14.4. The van der Waals surface area contributed by atoms with Crippen molar-refractivity contribution in [2.75, 3.05) is 52.0 Å². The zero-order valence-corrected chi connectivity index (χ0v) is 79.2. The fourth-order valence-electron chi connectivity index (χ4n) is 16.5. The van der Waals surface area contributed by atoms with Crippen LogP contribution in [0.4, 0.5) is 0 Å². The lowest BCUT2D eigenvalue weighted by Gasteiger charge is -2.37. The average molecular weight is 1790 g/mol. The van der Waals surface area contributed by atoms with Crippen LogP contribution in [0.2, 0.25) is 18.1 Å². The molecule has 2 aliphatic rings. The number of thioether (sulfide) groups is 1. The molecule has 0 saturated carbocycles. The number of phenols is 10. The molecule has 0 aliphatic carbocycles. The van der Waals surface area contributed by atoms with Gasteiger partial charge in [-0.05, 0) is 309 Å². The molecule has 0 bridgehead atoms. The molecule has 2 aliphatic heterocycles. The van der Waals surface area contributed by atoms with Crippen molar-refractivity contribution in [1.82, 2.24) is 0 Å². The van der Waals surface area contributed by atoms with Gasteiger partial charge < -0.3 is 79.2 Å². The maximum absolute atomic E-state index is 9.66. The van der Waals surface area contributed by atoms with Crippen molar-refractivity contribution in [3.05, 3.63) is 347 Å². The number of hydrogen-bond donors (Lipinski definition) is 10. The van der Waals surface area contributed by atoms with Gasteiger partial charge in [-0.25, -0.2) is 0 Å². The number of rotatable bonds is 37. The lowest BCUT2D eigenvalue weighted by Crippen LogP contribution is -2.41. The van der Waals surface area contributed by atoms with E-state index in [1.165, 1.54) is 30.6 Å². The molecule has 690 valence electrons. The highest BCUT2D eigenvalue weighted by Crippen LogP contribution is 2.45. The highest BCUT2D eigenvalue weighted by atomic mass is 32.2. The summed E-state index contributed by atoms with van der Waals surface area (Å²) in [4.78, 5) is 0. The summed E-state index contributed by atoms with van der Waals surface area (Å²) in [6.45, 7) is 31.5. The van der Waals surface area contributed by atoms with Crippen LogP contribution in [0, 0.1) is 0 Å². The lowest BCUT2D eigenvalue weighted by molar-refractivity contribution is -0.163. The number of phenolic OH excluding ortho intramolecular Hbond substituents is 10. The molecular weight excluding hydrogens is 1650 g/mol. The van der Waals surface area contributed by atoms with Gasteiger partial charge in [-0.2, -0.15) is 0 Å².